The van der Waals surface area contributed by atoms with Crippen molar-refractivity contribution in [1.29, 1.82) is 0 Å². The van der Waals surface area contributed by atoms with E-state index < -0.39 is 12.0 Å². The van der Waals surface area contributed by atoms with E-state index in [0.29, 0.717) is 23.4 Å². The summed E-state index contributed by atoms with van der Waals surface area (Å²) in [6, 6.07) is 23.7. The van der Waals surface area contributed by atoms with Crippen LogP contribution in [0.4, 0.5) is 5.69 Å². The lowest BCUT2D eigenvalue weighted by Crippen LogP contribution is -2.44. The van der Waals surface area contributed by atoms with Crippen LogP contribution in [0.1, 0.15) is 22.8 Å². The van der Waals surface area contributed by atoms with Crippen molar-refractivity contribution in [1.82, 2.24) is 5.32 Å². The Kier molecular flexibility index (Phi) is 6.95. The fourth-order valence-electron chi connectivity index (χ4n) is 2.87. The first-order valence-corrected chi connectivity index (χ1v) is 9.50. The molecule has 3 aromatic carbocycles. The van der Waals surface area contributed by atoms with Crippen LogP contribution < -0.4 is 15.4 Å². The summed E-state index contributed by atoms with van der Waals surface area (Å²) in [5.74, 6) is -0.794. The lowest BCUT2D eigenvalue weighted by molar-refractivity contribution is -0.136. The van der Waals surface area contributed by atoms with Crippen molar-refractivity contribution in [3.63, 3.8) is 0 Å². The minimum absolute atomic E-state index is 0.189. The lowest BCUT2D eigenvalue weighted by Gasteiger charge is -2.18. The number of hydrogen-bond acceptors (Lipinski definition) is 4. The van der Waals surface area contributed by atoms with Gasteiger partial charge in [-0.3, -0.25) is 9.59 Å². The largest absolute Gasteiger partial charge is 0.425 e. The summed E-state index contributed by atoms with van der Waals surface area (Å²) >= 11 is 0. The van der Waals surface area contributed by atoms with Crippen molar-refractivity contribution in [2.24, 2.45) is 0 Å². The van der Waals surface area contributed by atoms with Crippen LogP contribution >= 0.6 is 0 Å². The number of carbonyl (C=O) groups excluding carboxylic acids is 3. The number of anilines is 1. The van der Waals surface area contributed by atoms with Crippen molar-refractivity contribution in [3.8, 4) is 5.75 Å². The van der Waals surface area contributed by atoms with Crippen LogP contribution in [0.5, 0.6) is 5.75 Å². The van der Waals surface area contributed by atoms with E-state index in [1.807, 2.05) is 36.4 Å². The van der Waals surface area contributed by atoms with E-state index in [1.54, 1.807) is 48.5 Å². The summed E-state index contributed by atoms with van der Waals surface area (Å²) in [6.07, 6.45) is 0.294. The summed E-state index contributed by atoms with van der Waals surface area (Å²) in [5.41, 5.74) is 1.96. The van der Waals surface area contributed by atoms with Gasteiger partial charge in [0.1, 0.15) is 11.8 Å². The van der Waals surface area contributed by atoms with E-state index >= 15 is 0 Å². The molecule has 2 N–H and O–H groups in total. The second kappa shape index (κ2) is 10.0. The Morgan fingerprint density at radius 3 is 2.03 bits per heavy atom. The Bertz CT molecular complexity index is 1000. The molecule has 1 unspecified atom stereocenters. The predicted molar refractivity (Wildman–Crippen MR) is 114 cm³/mol. The molecule has 1 atom stereocenters. The second-order valence-electron chi connectivity index (χ2n) is 6.71. The van der Waals surface area contributed by atoms with Crippen molar-refractivity contribution >= 4 is 23.5 Å². The monoisotopic (exact) mass is 402 g/mol. The number of carbonyl (C=O) groups is 3. The van der Waals surface area contributed by atoms with E-state index in [2.05, 4.69) is 10.6 Å². The van der Waals surface area contributed by atoms with Crippen molar-refractivity contribution < 1.29 is 19.1 Å². The maximum atomic E-state index is 12.8. The maximum Gasteiger partial charge on any atom is 0.334 e. The molecule has 0 aliphatic heterocycles. The van der Waals surface area contributed by atoms with Gasteiger partial charge >= 0.3 is 5.97 Å². The second-order valence-corrected chi connectivity index (χ2v) is 6.71. The third kappa shape index (κ3) is 6.04. The zero-order valence-electron chi connectivity index (χ0n) is 16.5. The number of rotatable bonds is 7. The van der Waals surface area contributed by atoms with E-state index in [4.69, 9.17) is 4.74 Å². The van der Waals surface area contributed by atoms with Crippen molar-refractivity contribution in [2.75, 3.05) is 5.32 Å². The molecule has 0 fully saturated rings. The molecule has 3 aromatic rings. The number of esters is 1. The molecule has 6 heteroatoms. The summed E-state index contributed by atoms with van der Waals surface area (Å²) < 4.78 is 5.48. The van der Waals surface area contributed by atoms with E-state index in [1.165, 1.54) is 6.92 Å². The van der Waals surface area contributed by atoms with E-state index in [-0.39, 0.29) is 11.8 Å². The van der Waals surface area contributed by atoms with Crippen LogP contribution in [0.2, 0.25) is 0 Å². The lowest BCUT2D eigenvalue weighted by atomic mass is 10.1. The molecule has 3 rings (SSSR count). The summed E-state index contributed by atoms with van der Waals surface area (Å²) in [6.45, 7) is 1.41. The van der Waals surface area contributed by atoms with E-state index in [0.717, 1.165) is 5.56 Å². The van der Waals surface area contributed by atoms with Crippen LogP contribution in [0.3, 0.4) is 0 Å². The number of hydrogen-bond donors (Lipinski definition) is 2. The smallest absolute Gasteiger partial charge is 0.334 e. The van der Waals surface area contributed by atoms with Gasteiger partial charge in [0.2, 0.25) is 5.91 Å². The summed E-state index contributed by atoms with van der Waals surface area (Å²) in [5, 5.41) is 5.42. The Balaban J connectivity index is 1.74. The molecule has 0 radical (unpaired) electrons. The molecule has 6 nitrogen and oxygen atoms in total. The highest BCUT2D eigenvalue weighted by Gasteiger charge is 2.24. The van der Waals surface area contributed by atoms with Gasteiger partial charge in [-0.25, -0.2) is 4.79 Å². The highest BCUT2D eigenvalue weighted by Crippen LogP contribution is 2.17. The zero-order valence-corrected chi connectivity index (χ0v) is 16.5. The quantitative estimate of drug-likeness (QED) is 0.467. The zero-order chi connectivity index (χ0) is 21.3. The molecule has 0 aliphatic rings. The third-order valence-corrected chi connectivity index (χ3v) is 4.30. The molecule has 0 saturated carbocycles. The maximum absolute atomic E-state index is 12.8. The van der Waals surface area contributed by atoms with Crippen molar-refractivity contribution in [2.45, 2.75) is 19.4 Å². The minimum atomic E-state index is -0.866. The molecule has 0 aliphatic carbocycles. The number of ether oxygens (including phenoxy) is 1. The van der Waals surface area contributed by atoms with Gasteiger partial charge in [0.25, 0.3) is 5.91 Å². The first-order valence-electron chi connectivity index (χ1n) is 9.50. The van der Waals surface area contributed by atoms with Gasteiger partial charge < -0.3 is 15.4 Å². The van der Waals surface area contributed by atoms with Gasteiger partial charge in [0, 0.05) is 24.6 Å². The van der Waals surface area contributed by atoms with Crippen LogP contribution in [0.15, 0.2) is 84.9 Å². The van der Waals surface area contributed by atoms with Crippen LogP contribution in [-0.2, 0) is 16.0 Å². The number of benzene rings is 3. The Morgan fingerprint density at radius 2 is 1.43 bits per heavy atom. The standard InChI is InChI=1S/C24H22N2O4/c1-17(27)25-20-12-14-21(15-13-20)30-24(29)22(16-18-8-4-2-5-9-18)26-23(28)19-10-6-3-7-11-19/h2-15,22H,16H2,1H3,(H,25,27)(H,26,28). The van der Waals surface area contributed by atoms with Gasteiger partial charge in [0.15, 0.2) is 0 Å². The van der Waals surface area contributed by atoms with Gasteiger partial charge in [-0.2, -0.15) is 0 Å². The van der Waals surface area contributed by atoms with Crippen molar-refractivity contribution in [3.05, 3.63) is 96.1 Å². The SMILES string of the molecule is CC(=O)Nc1ccc(OC(=O)C(Cc2ccccc2)NC(=O)c2ccccc2)cc1. The molecule has 0 bridgehead atoms. The highest BCUT2D eigenvalue weighted by atomic mass is 16.5. The average molecular weight is 402 g/mol. The topological polar surface area (TPSA) is 84.5 Å². The Labute approximate surface area is 174 Å². The fraction of sp³-hybridized carbons (Fsp3) is 0.125. The molecule has 152 valence electrons. The van der Waals surface area contributed by atoms with Gasteiger partial charge in [-0.05, 0) is 42.0 Å². The molecular weight excluding hydrogens is 380 g/mol. The Hall–Kier alpha value is -3.93. The molecule has 2 amide bonds. The summed E-state index contributed by atoms with van der Waals surface area (Å²) in [4.78, 5) is 36.6. The van der Waals surface area contributed by atoms with Crippen LogP contribution in [0.25, 0.3) is 0 Å². The van der Waals surface area contributed by atoms with Crippen LogP contribution in [-0.4, -0.2) is 23.8 Å². The number of amides is 2. The molecule has 0 aromatic heterocycles. The Morgan fingerprint density at radius 1 is 0.833 bits per heavy atom. The predicted octanol–water partition coefficient (Wildman–Crippen LogP) is 3.59. The molecule has 30 heavy (non-hydrogen) atoms. The molecular formula is C24H22N2O4. The van der Waals surface area contributed by atoms with E-state index in [9.17, 15) is 14.4 Å². The van der Waals surface area contributed by atoms with Crippen LogP contribution in [0, 0.1) is 0 Å². The fourth-order valence-corrected chi connectivity index (χ4v) is 2.87. The molecule has 0 spiro atoms. The third-order valence-electron chi connectivity index (χ3n) is 4.30. The molecule has 0 saturated heterocycles. The average Bonchev–Trinajstić information content (AvgIpc) is 2.75. The molecule has 0 heterocycles. The van der Waals surface area contributed by atoms with Gasteiger partial charge in [0.05, 0.1) is 0 Å². The summed E-state index contributed by atoms with van der Waals surface area (Å²) in [7, 11) is 0. The normalized spacial score (nSPS) is 11.2. The minimum Gasteiger partial charge on any atom is -0.425 e. The first kappa shape index (κ1) is 20.8. The highest BCUT2D eigenvalue weighted by molar-refractivity contribution is 5.97. The van der Waals surface area contributed by atoms with Gasteiger partial charge in [-0.15, -0.1) is 0 Å². The van der Waals surface area contributed by atoms with Gasteiger partial charge in [-0.1, -0.05) is 48.5 Å². The first-order chi connectivity index (χ1) is 14.5. The number of nitrogens with one attached hydrogen (secondary N) is 2.